The molecule has 0 radical (unpaired) electrons. The average molecular weight is 319 g/mol. The summed E-state index contributed by atoms with van der Waals surface area (Å²) < 4.78 is 5.34. The van der Waals surface area contributed by atoms with Crippen LogP contribution in [0.1, 0.15) is 0 Å². The molecular weight excluding hydrogens is 300 g/mol. The smallest absolute Gasteiger partial charge is 0.163 e. The second-order valence-electron chi connectivity index (χ2n) is 5.15. The van der Waals surface area contributed by atoms with Gasteiger partial charge < -0.3 is 10.1 Å². The fourth-order valence-electron chi connectivity index (χ4n) is 2.39. The van der Waals surface area contributed by atoms with Crippen molar-refractivity contribution in [3.05, 3.63) is 41.6 Å². The molecule has 0 spiro atoms. The van der Waals surface area contributed by atoms with Crippen molar-refractivity contribution in [2.75, 3.05) is 44.7 Å². The monoisotopic (exact) mass is 318 g/mol. The van der Waals surface area contributed by atoms with Crippen molar-refractivity contribution in [3.8, 4) is 11.4 Å². The van der Waals surface area contributed by atoms with Crippen LogP contribution >= 0.6 is 11.6 Å². The summed E-state index contributed by atoms with van der Waals surface area (Å²) in [6.07, 6.45) is 0. The Morgan fingerprint density at radius 3 is 2.68 bits per heavy atom. The van der Waals surface area contributed by atoms with Gasteiger partial charge >= 0.3 is 0 Å². The third kappa shape index (κ3) is 4.16. The van der Waals surface area contributed by atoms with Crippen molar-refractivity contribution in [1.82, 2.24) is 14.9 Å². The van der Waals surface area contributed by atoms with Crippen molar-refractivity contribution in [1.29, 1.82) is 0 Å². The first kappa shape index (κ1) is 15.2. The van der Waals surface area contributed by atoms with Gasteiger partial charge in [0.2, 0.25) is 0 Å². The molecule has 1 aromatic carbocycles. The number of ether oxygens (including phenoxy) is 1. The van der Waals surface area contributed by atoms with Gasteiger partial charge in [-0.15, -0.1) is 0 Å². The minimum atomic E-state index is 0.447. The van der Waals surface area contributed by atoms with Crippen LogP contribution in [0.5, 0.6) is 0 Å². The van der Waals surface area contributed by atoms with Crippen molar-refractivity contribution in [3.63, 3.8) is 0 Å². The van der Waals surface area contributed by atoms with Gasteiger partial charge in [0.25, 0.3) is 0 Å². The lowest BCUT2D eigenvalue weighted by Gasteiger charge is -2.26. The first-order valence-electron chi connectivity index (χ1n) is 7.45. The van der Waals surface area contributed by atoms with E-state index in [0.717, 1.165) is 50.8 Å². The van der Waals surface area contributed by atoms with E-state index in [-0.39, 0.29) is 0 Å². The van der Waals surface area contributed by atoms with Gasteiger partial charge in [0, 0.05) is 37.8 Å². The Morgan fingerprint density at radius 1 is 1.14 bits per heavy atom. The molecule has 0 saturated carbocycles. The van der Waals surface area contributed by atoms with Crippen LogP contribution in [-0.2, 0) is 4.74 Å². The zero-order chi connectivity index (χ0) is 15.2. The van der Waals surface area contributed by atoms with E-state index in [4.69, 9.17) is 16.3 Å². The summed E-state index contributed by atoms with van der Waals surface area (Å²) >= 11 is 6.11. The number of morpholine rings is 1. The number of rotatable bonds is 5. The standard InChI is InChI=1S/C16H19ClN4O/c17-14-12-15(18-6-7-21-8-10-22-11-9-21)20-16(19-14)13-4-2-1-3-5-13/h1-5,12H,6-11H2,(H,18,19,20). The van der Waals surface area contributed by atoms with Crippen LogP contribution in [0.2, 0.25) is 5.15 Å². The van der Waals surface area contributed by atoms with Crippen LogP contribution in [-0.4, -0.2) is 54.3 Å². The van der Waals surface area contributed by atoms with Crippen molar-refractivity contribution < 1.29 is 4.74 Å². The van der Waals surface area contributed by atoms with Crippen LogP contribution in [0.3, 0.4) is 0 Å². The number of hydrogen-bond acceptors (Lipinski definition) is 5. The molecule has 1 fully saturated rings. The maximum absolute atomic E-state index is 6.11. The third-order valence-electron chi connectivity index (χ3n) is 3.56. The zero-order valence-corrected chi connectivity index (χ0v) is 13.1. The van der Waals surface area contributed by atoms with E-state index in [2.05, 4.69) is 20.2 Å². The minimum Gasteiger partial charge on any atom is -0.379 e. The van der Waals surface area contributed by atoms with Crippen molar-refractivity contribution in [2.45, 2.75) is 0 Å². The molecule has 0 aliphatic carbocycles. The van der Waals surface area contributed by atoms with Gasteiger partial charge in [-0.3, -0.25) is 4.90 Å². The van der Waals surface area contributed by atoms with E-state index in [1.54, 1.807) is 6.07 Å². The molecule has 6 heteroatoms. The number of nitrogens with one attached hydrogen (secondary N) is 1. The van der Waals surface area contributed by atoms with Gasteiger partial charge in [-0.25, -0.2) is 9.97 Å². The lowest BCUT2D eigenvalue weighted by atomic mass is 10.2. The number of aromatic nitrogens is 2. The first-order valence-corrected chi connectivity index (χ1v) is 7.83. The van der Waals surface area contributed by atoms with Gasteiger partial charge in [0.15, 0.2) is 5.82 Å². The van der Waals surface area contributed by atoms with Crippen LogP contribution in [0.15, 0.2) is 36.4 Å². The molecule has 0 amide bonds. The minimum absolute atomic E-state index is 0.447. The highest BCUT2D eigenvalue weighted by atomic mass is 35.5. The highest BCUT2D eigenvalue weighted by Gasteiger charge is 2.10. The number of benzene rings is 1. The fraction of sp³-hybridized carbons (Fsp3) is 0.375. The topological polar surface area (TPSA) is 50.3 Å². The molecule has 1 N–H and O–H groups in total. The molecule has 116 valence electrons. The SMILES string of the molecule is Clc1cc(NCCN2CCOCC2)nc(-c2ccccc2)n1. The Hall–Kier alpha value is -1.69. The summed E-state index contributed by atoms with van der Waals surface area (Å²) in [5, 5.41) is 3.77. The zero-order valence-electron chi connectivity index (χ0n) is 12.3. The van der Waals surface area contributed by atoms with Crippen molar-refractivity contribution >= 4 is 17.4 Å². The Morgan fingerprint density at radius 2 is 1.91 bits per heavy atom. The number of anilines is 1. The van der Waals surface area contributed by atoms with E-state index in [1.807, 2.05) is 30.3 Å². The highest BCUT2D eigenvalue weighted by Crippen LogP contribution is 2.19. The second-order valence-corrected chi connectivity index (χ2v) is 5.53. The van der Waals surface area contributed by atoms with Gasteiger partial charge in [0.1, 0.15) is 11.0 Å². The summed E-state index contributed by atoms with van der Waals surface area (Å²) in [5.74, 6) is 1.40. The Bertz CT molecular complexity index is 602. The third-order valence-corrected chi connectivity index (χ3v) is 3.76. The molecule has 0 unspecified atom stereocenters. The van der Waals surface area contributed by atoms with Gasteiger partial charge in [-0.05, 0) is 0 Å². The normalized spacial score (nSPS) is 15.7. The molecular formula is C16H19ClN4O. The summed E-state index contributed by atoms with van der Waals surface area (Å²) in [6.45, 7) is 5.39. The fourth-order valence-corrected chi connectivity index (χ4v) is 2.57. The molecule has 5 nitrogen and oxygen atoms in total. The van der Waals surface area contributed by atoms with E-state index in [0.29, 0.717) is 11.0 Å². The number of halogens is 1. The highest BCUT2D eigenvalue weighted by molar-refractivity contribution is 6.29. The number of hydrogen-bond donors (Lipinski definition) is 1. The maximum Gasteiger partial charge on any atom is 0.163 e. The first-order chi connectivity index (χ1) is 10.8. The van der Waals surface area contributed by atoms with Gasteiger partial charge in [0.05, 0.1) is 13.2 Å². The molecule has 2 heterocycles. The van der Waals surface area contributed by atoms with E-state index < -0.39 is 0 Å². The van der Waals surface area contributed by atoms with Crippen LogP contribution in [0.4, 0.5) is 5.82 Å². The maximum atomic E-state index is 6.11. The molecule has 3 rings (SSSR count). The summed E-state index contributed by atoms with van der Waals surface area (Å²) in [7, 11) is 0. The lowest BCUT2D eigenvalue weighted by Crippen LogP contribution is -2.39. The molecule has 1 saturated heterocycles. The largest absolute Gasteiger partial charge is 0.379 e. The Balaban J connectivity index is 1.62. The molecule has 1 aromatic heterocycles. The van der Waals surface area contributed by atoms with E-state index >= 15 is 0 Å². The Kier molecular flexibility index (Phi) is 5.21. The predicted octanol–water partition coefficient (Wildman–Crippen LogP) is 2.54. The molecule has 2 aromatic rings. The quantitative estimate of drug-likeness (QED) is 0.859. The molecule has 1 aliphatic heterocycles. The van der Waals surface area contributed by atoms with Crippen LogP contribution in [0, 0.1) is 0 Å². The number of nitrogens with zero attached hydrogens (tertiary/aromatic N) is 3. The molecule has 0 atom stereocenters. The molecule has 1 aliphatic rings. The predicted molar refractivity (Wildman–Crippen MR) is 88.2 cm³/mol. The molecule has 0 bridgehead atoms. The lowest BCUT2D eigenvalue weighted by molar-refractivity contribution is 0.0398. The van der Waals surface area contributed by atoms with Gasteiger partial charge in [-0.2, -0.15) is 0 Å². The van der Waals surface area contributed by atoms with E-state index in [1.165, 1.54) is 0 Å². The van der Waals surface area contributed by atoms with Crippen molar-refractivity contribution in [2.24, 2.45) is 0 Å². The van der Waals surface area contributed by atoms with Gasteiger partial charge in [-0.1, -0.05) is 41.9 Å². The second kappa shape index (κ2) is 7.54. The average Bonchev–Trinajstić information content (AvgIpc) is 2.56. The summed E-state index contributed by atoms with van der Waals surface area (Å²) in [6, 6.07) is 11.6. The molecule has 22 heavy (non-hydrogen) atoms. The van der Waals surface area contributed by atoms with Crippen LogP contribution in [0.25, 0.3) is 11.4 Å². The summed E-state index contributed by atoms with van der Waals surface area (Å²) in [5.41, 5.74) is 0.959. The van der Waals surface area contributed by atoms with E-state index in [9.17, 15) is 0 Å². The van der Waals surface area contributed by atoms with Crippen LogP contribution < -0.4 is 5.32 Å². The summed E-state index contributed by atoms with van der Waals surface area (Å²) in [4.78, 5) is 11.2. The Labute approximate surface area is 135 Å².